The Morgan fingerprint density at radius 2 is 1.60 bits per heavy atom. The number of carbonyl (C=O) groups excluding carboxylic acids is 1. The van der Waals surface area contributed by atoms with Crippen molar-refractivity contribution >= 4 is 5.97 Å². The highest BCUT2D eigenvalue weighted by Gasteiger charge is 2.42. The van der Waals surface area contributed by atoms with Crippen LogP contribution in [0.1, 0.15) is 104 Å². The molecule has 0 aromatic heterocycles. The quantitative estimate of drug-likeness (QED) is 0.212. The lowest BCUT2D eigenvalue weighted by molar-refractivity contribution is -0.188. The van der Waals surface area contributed by atoms with E-state index in [0.717, 1.165) is 32.1 Å². The smallest absolute Gasteiger partial charge is 0.313 e. The zero-order valence-electron chi connectivity index (χ0n) is 16.5. The van der Waals surface area contributed by atoms with Crippen molar-refractivity contribution in [1.82, 2.24) is 0 Å². The minimum atomic E-state index is -0.356. The fourth-order valence-corrected chi connectivity index (χ4v) is 3.48. The molecular weight excluding hydrogens is 312 g/mol. The van der Waals surface area contributed by atoms with Crippen LogP contribution in [0.4, 0.5) is 0 Å². The molecule has 3 atom stereocenters. The number of aliphatic hydroxyl groups is 1. The van der Waals surface area contributed by atoms with Gasteiger partial charge in [0.15, 0.2) is 0 Å². The second kappa shape index (κ2) is 14.4. The van der Waals surface area contributed by atoms with Gasteiger partial charge in [0, 0.05) is 6.42 Å². The Bertz CT molecular complexity index is 364. The summed E-state index contributed by atoms with van der Waals surface area (Å²) in [7, 11) is 0. The molecule has 0 saturated carbocycles. The van der Waals surface area contributed by atoms with E-state index in [1.165, 1.54) is 51.4 Å². The predicted molar refractivity (Wildman–Crippen MR) is 105 cm³/mol. The first-order chi connectivity index (χ1) is 12.2. The van der Waals surface area contributed by atoms with Gasteiger partial charge < -0.3 is 9.84 Å². The van der Waals surface area contributed by atoms with Crippen LogP contribution in [0.3, 0.4) is 0 Å². The molecule has 146 valence electrons. The van der Waals surface area contributed by atoms with E-state index in [9.17, 15) is 9.90 Å². The number of rotatable bonds is 16. The molecule has 0 aliphatic carbocycles. The van der Waals surface area contributed by atoms with Crippen LogP contribution in [0.2, 0.25) is 0 Å². The van der Waals surface area contributed by atoms with Gasteiger partial charge in [-0.05, 0) is 32.1 Å². The highest BCUT2D eigenvalue weighted by Crippen LogP contribution is 2.31. The molecule has 25 heavy (non-hydrogen) atoms. The third-order valence-electron chi connectivity index (χ3n) is 5.20. The maximum Gasteiger partial charge on any atom is 0.313 e. The van der Waals surface area contributed by atoms with Crippen LogP contribution < -0.4 is 0 Å². The largest absolute Gasteiger partial charge is 0.461 e. The van der Waals surface area contributed by atoms with Crippen molar-refractivity contribution in [2.45, 2.75) is 116 Å². The van der Waals surface area contributed by atoms with Crippen LogP contribution in [-0.2, 0) is 9.53 Å². The summed E-state index contributed by atoms with van der Waals surface area (Å²) in [6, 6.07) is 0. The molecular formula is C22H40O3. The molecule has 0 spiro atoms. The van der Waals surface area contributed by atoms with Crippen LogP contribution in [-0.4, -0.2) is 23.3 Å². The van der Waals surface area contributed by atoms with E-state index in [0.29, 0.717) is 6.42 Å². The van der Waals surface area contributed by atoms with Crippen molar-refractivity contribution in [1.29, 1.82) is 0 Å². The second-order valence-electron chi connectivity index (χ2n) is 7.57. The maximum absolute atomic E-state index is 11.6. The molecule has 0 bridgehead atoms. The Balaban J connectivity index is 2.05. The minimum absolute atomic E-state index is 0.0326. The van der Waals surface area contributed by atoms with E-state index in [-0.39, 0.29) is 24.1 Å². The molecule has 0 aromatic carbocycles. The highest BCUT2D eigenvalue weighted by atomic mass is 16.6. The molecule has 1 aliphatic rings. The van der Waals surface area contributed by atoms with Crippen molar-refractivity contribution in [3.05, 3.63) is 12.2 Å². The number of esters is 1. The normalized spacial score (nSPS) is 21.3. The molecule has 1 rings (SSSR count). The van der Waals surface area contributed by atoms with E-state index in [4.69, 9.17) is 4.74 Å². The first kappa shape index (κ1) is 22.2. The van der Waals surface area contributed by atoms with E-state index >= 15 is 0 Å². The third-order valence-corrected chi connectivity index (χ3v) is 5.20. The zero-order chi connectivity index (χ0) is 18.3. The van der Waals surface area contributed by atoms with E-state index in [1.54, 1.807) is 0 Å². The Morgan fingerprint density at radius 1 is 0.960 bits per heavy atom. The van der Waals surface area contributed by atoms with E-state index < -0.39 is 0 Å². The molecule has 1 heterocycles. The summed E-state index contributed by atoms with van der Waals surface area (Å²) in [5, 5.41) is 10.2. The minimum Gasteiger partial charge on any atom is -0.461 e. The molecule has 0 amide bonds. The van der Waals surface area contributed by atoms with Gasteiger partial charge >= 0.3 is 5.97 Å². The summed E-state index contributed by atoms with van der Waals surface area (Å²) in [5.41, 5.74) is 0. The Kier molecular flexibility index (Phi) is 12.8. The number of cyclic esters (lactones) is 1. The lowest BCUT2D eigenvalue weighted by Crippen LogP contribution is -2.46. The van der Waals surface area contributed by atoms with Crippen LogP contribution in [0, 0.1) is 5.92 Å². The number of aliphatic hydroxyl groups excluding tert-OH is 1. The highest BCUT2D eigenvalue weighted by molar-refractivity contribution is 5.78. The number of hydrogen-bond acceptors (Lipinski definition) is 3. The lowest BCUT2D eigenvalue weighted by atomic mass is 9.87. The molecule has 0 radical (unpaired) electrons. The van der Waals surface area contributed by atoms with Gasteiger partial charge in [0.05, 0.1) is 12.0 Å². The van der Waals surface area contributed by atoms with Gasteiger partial charge in [-0.15, -0.1) is 0 Å². The summed E-state index contributed by atoms with van der Waals surface area (Å²) in [4.78, 5) is 11.6. The van der Waals surface area contributed by atoms with Crippen LogP contribution in [0.5, 0.6) is 0 Å². The molecule has 1 fully saturated rings. The van der Waals surface area contributed by atoms with Gasteiger partial charge in [-0.1, -0.05) is 77.4 Å². The Hall–Kier alpha value is -0.830. The maximum atomic E-state index is 11.6. The molecule has 1 N–H and O–H groups in total. The monoisotopic (exact) mass is 352 g/mol. The van der Waals surface area contributed by atoms with Crippen LogP contribution >= 0.6 is 0 Å². The van der Waals surface area contributed by atoms with Crippen LogP contribution in [0.25, 0.3) is 0 Å². The average molecular weight is 353 g/mol. The number of ether oxygens (including phenoxy) is 1. The average Bonchev–Trinajstić information content (AvgIpc) is 2.59. The van der Waals surface area contributed by atoms with Crippen LogP contribution in [0.15, 0.2) is 12.2 Å². The van der Waals surface area contributed by atoms with E-state index in [1.807, 2.05) is 0 Å². The molecule has 1 unspecified atom stereocenters. The van der Waals surface area contributed by atoms with Gasteiger partial charge in [0.2, 0.25) is 0 Å². The van der Waals surface area contributed by atoms with Gasteiger partial charge in [0.25, 0.3) is 0 Å². The Labute approximate surface area is 155 Å². The van der Waals surface area contributed by atoms with Crippen molar-refractivity contribution in [2.24, 2.45) is 5.92 Å². The van der Waals surface area contributed by atoms with Gasteiger partial charge in [0.1, 0.15) is 6.10 Å². The summed E-state index contributed by atoms with van der Waals surface area (Å²) in [6.45, 7) is 4.43. The fourth-order valence-electron chi connectivity index (χ4n) is 3.48. The van der Waals surface area contributed by atoms with Gasteiger partial charge in [-0.2, -0.15) is 0 Å². The number of unbranched alkanes of at least 4 members (excludes halogenated alkanes) is 8. The second-order valence-corrected chi connectivity index (χ2v) is 7.57. The number of hydrogen-bond donors (Lipinski definition) is 1. The summed E-state index contributed by atoms with van der Waals surface area (Å²) in [5.74, 6) is -0.0261. The third kappa shape index (κ3) is 10.0. The van der Waals surface area contributed by atoms with Crippen molar-refractivity contribution in [3.63, 3.8) is 0 Å². The zero-order valence-corrected chi connectivity index (χ0v) is 16.5. The molecule has 1 aliphatic heterocycles. The number of allylic oxidation sites excluding steroid dienone is 2. The van der Waals surface area contributed by atoms with Crippen molar-refractivity contribution < 1.29 is 14.6 Å². The van der Waals surface area contributed by atoms with Crippen molar-refractivity contribution in [2.75, 3.05) is 0 Å². The summed E-state index contributed by atoms with van der Waals surface area (Å²) in [6.07, 6.45) is 19.7. The first-order valence-corrected chi connectivity index (χ1v) is 10.7. The van der Waals surface area contributed by atoms with E-state index in [2.05, 4.69) is 26.0 Å². The van der Waals surface area contributed by atoms with Gasteiger partial charge in [-0.25, -0.2) is 0 Å². The molecule has 1 saturated heterocycles. The molecule has 3 nitrogen and oxygen atoms in total. The predicted octanol–water partition coefficient (Wildman–Crippen LogP) is 5.95. The number of carbonyl (C=O) groups is 1. The standard InChI is InChI=1S/C22H40O3/c1-3-5-7-9-10-11-12-13-14-16-19(23)18-21-20(22(24)25-21)17-15-8-6-4-2/h12-13,19-21,23H,3-11,14-18H2,1-2H3/b13-12+/t19?,20-,21-/m0/s1. The fraction of sp³-hybridized carbons (Fsp3) is 0.864. The van der Waals surface area contributed by atoms with Gasteiger partial charge in [-0.3, -0.25) is 4.79 Å². The summed E-state index contributed by atoms with van der Waals surface area (Å²) < 4.78 is 5.25. The topological polar surface area (TPSA) is 46.5 Å². The first-order valence-electron chi connectivity index (χ1n) is 10.7. The molecule has 3 heteroatoms. The van der Waals surface area contributed by atoms with Crippen molar-refractivity contribution in [3.8, 4) is 0 Å². The SMILES string of the molecule is CCCCCCC/C=C/CCC(O)C[C@@H]1OC(=O)[C@H]1CCCCCC. The Morgan fingerprint density at radius 3 is 2.28 bits per heavy atom. The lowest BCUT2D eigenvalue weighted by Gasteiger charge is -2.36. The summed E-state index contributed by atoms with van der Waals surface area (Å²) >= 11 is 0. The molecule has 0 aromatic rings.